The molecule has 0 aromatic rings. The molecule has 0 rings (SSSR count). The first-order valence-electron chi connectivity index (χ1n) is 7.20. The molecule has 88 valence electrons. The molecular weight excluding hydrogens is 192 g/mol. The van der Waals surface area contributed by atoms with Crippen molar-refractivity contribution in [3.05, 3.63) is 0 Å². The molecule has 0 heterocycles. The van der Waals surface area contributed by atoms with E-state index >= 15 is 0 Å². The van der Waals surface area contributed by atoms with Crippen molar-refractivity contribution in [3.8, 4) is 0 Å². The summed E-state index contributed by atoms with van der Waals surface area (Å²) in [5, 5.41) is 0. The topological polar surface area (TPSA) is 0 Å². The van der Waals surface area contributed by atoms with Crippen LogP contribution in [0.1, 0.15) is 66.2 Å². The third kappa shape index (κ3) is 11.0. The summed E-state index contributed by atoms with van der Waals surface area (Å²) >= 11 is 0.292. The fourth-order valence-corrected chi connectivity index (χ4v) is 4.76. The van der Waals surface area contributed by atoms with Gasteiger partial charge in [0.25, 0.3) is 0 Å². The number of hydrogen-bond acceptors (Lipinski definition) is 0. The summed E-state index contributed by atoms with van der Waals surface area (Å²) in [7, 11) is 0. The Labute approximate surface area is 107 Å². The zero-order valence-electron chi connectivity index (χ0n) is 11.5. The molecular formula is C14H30Mg. The smallest absolute Gasteiger partial charge is 0.146 e. The second-order valence-corrected chi connectivity index (χ2v) is 7.55. The van der Waals surface area contributed by atoms with Gasteiger partial charge in [-0.25, -0.2) is 0 Å². The molecule has 15 heavy (non-hydrogen) atoms. The lowest BCUT2D eigenvalue weighted by atomic mass is 10.0. The van der Waals surface area contributed by atoms with E-state index in [4.69, 9.17) is 0 Å². The second-order valence-electron chi connectivity index (χ2n) is 5.43. The minimum Gasteiger partial charge on any atom is -0.146 e. The van der Waals surface area contributed by atoms with Gasteiger partial charge in [0.2, 0.25) is 0 Å². The van der Waals surface area contributed by atoms with E-state index in [0.717, 1.165) is 11.8 Å². The zero-order valence-corrected chi connectivity index (χ0v) is 12.9. The van der Waals surface area contributed by atoms with Crippen molar-refractivity contribution in [2.75, 3.05) is 0 Å². The lowest BCUT2D eigenvalue weighted by Gasteiger charge is -2.10. The largest absolute Gasteiger partial charge is 0.364 e. The molecule has 0 bridgehead atoms. The van der Waals surface area contributed by atoms with Gasteiger partial charge in [-0.1, -0.05) is 66.2 Å². The molecule has 1 heteroatoms. The summed E-state index contributed by atoms with van der Waals surface area (Å²) in [4.78, 5) is 0. The molecule has 0 spiro atoms. The van der Waals surface area contributed by atoms with E-state index in [-0.39, 0.29) is 0 Å². The van der Waals surface area contributed by atoms with Crippen molar-refractivity contribution in [1.82, 2.24) is 0 Å². The van der Waals surface area contributed by atoms with Crippen LogP contribution in [-0.2, 0) is 0 Å². The van der Waals surface area contributed by atoms with Gasteiger partial charge in [0.15, 0.2) is 0 Å². The summed E-state index contributed by atoms with van der Waals surface area (Å²) in [6.45, 7) is 9.47. The first kappa shape index (κ1) is 15.8. The van der Waals surface area contributed by atoms with Crippen LogP contribution in [0.15, 0.2) is 0 Å². The lowest BCUT2D eigenvalue weighted by molar-refractivity contribution is 0.500. The molecule has 0 aromatic carbocycles. The SMILES string of the molecule is CCCC(C)C[CH2][Mg][CH2]CC(C)CCC. The average molecular weight is 223 g/mol. The van der Waals surface area contributed by atoms with Crippen molar-refractivity contribution in [1.29, 1.82) is 0 Å². The van der Waals surface area contributed by atoms with Crippen molar-refractivity contribution >= 4 is 20.4 Å². The molecule has 0 aliphatic rings. The fraction of sp³-hybridized carbons (Fsp3) is 1.00. The molecule has 0 aliphatic heterocycles. The van der Waals surface area contributed by atoms with E-state index in [2.05, 4.69) is 27.7 Å². The molecule has 0 saturated carbocycles. The first-order valence-corrected chi connectivity index (χ1v) is 9.20. The summed E-state index contributed by atoms with van der Waals surface area (Å²) in [5.41, 5.74) is 0. The Balaban J connectivity index is 3.17. The maximum atomic E-state index is 2.43. The Bertz CT molecular complexity index is 109. The Morgan fingerprint density at radius 1 is 0.733 bits per heavy atom. The molecule has 0 nitrogen and oxygen atoms in total. The predicted octanol–water partition coefficient (Wildman–Crippen LogP) is 5.18. The number of hydrogen-bond donors (Lipinski definition) is 0. The Hall–Kier alpha value is 0.766. The van der Waals surface area contributed by atoms with E-state index in [9.17, 15) is 0 Å². The fourth-order valence-electron chi connectivity index (χ4n) is 2.44. The first-order chi connectivity index (χ1) is 7.20. The molecule has 0 radical (unpaired) electrons. The van der Waals surface area contributed by atoms with Crippen LogP contribution in [0.3, 0.4) is 0 Å². The van der Waals surface area contributed by atoms with Crippen LogP contribution in [0.25, 0.3) is 0 Å². The van der Waals surface area contributed by atoms with E-state index in [0.29, 0.717) is 20.4 Å². The van der Waals surface area contributed by atoms with Crippen molar-refractivity contribution in [2.24, 2.45) is 11.8 Å². The monoisotopic (exact) mass is 222 g/mol. The van der Waals surface area contributed by atoms with Gasteiger partial charge in [-0.15, -0.1) is 9.10 Å². The maximum absolute atomic E-state index is 2.43. The zero-order chi connectivity index (χ0) is 11.5. The summed E-state index contributed by atoms with van der Waals surface area (Å²) in [6.07, 6.45) is 8.66. The van der Waals surface area contributed by atoms with Crippen LogP contribution < -0.4 is 0 Å². The normalized spacial score (nSPS) is 14.7. The van der Waals surface area contributed by atoms with Crippen molar-refractivity contribution < 1.29 is 0 Å². The Kier molecular flexibility index (Phi) is 11.8. The van der Waals surface area contributed by atoms with Gasteiger partial charge in [0.1, 0.15) is 0 Å². The van der Waals surface area contributed by atoms with Crippen LogP contribution in [0, 0.1) is 11.8 Å². The minimum atomic E-state index is 0.292. The van der Waals surface area contributed by atoms with Gasteiger partial charge >= 0.3 is 20.4 Å². The highest BCUT2D eigenvalue weighted by Gasteiger charge is 2.04. The summed E-state index contributed by atoms with van der Waals surface area (Å²) < 4.78 is 3.19. The van der Waals surface area contributed by atoms with Gasteiger partial charge in [-0.2, -0.15) is 0 Å². The average Bonchev–Trinajstić information content (AvgIpc) is 2.18. The Morgan fingerprint density at radius 3 is 1.47 bits per heavy atom. The highest BCUT2D eigenvalue weighted by molar-refractivity contribution is 6.35. The van der Waals surface area contributed by atoms with Gasteiger partial charge in [-0.3, -0.25) is 0 Å². The van der Waals surface area contributed by atoms with Crippen molar-refractivity contribution in [2.45, 2.75) is 75.3 Å². The van der Waals surface area contributed by atoms with Crippen LogP contribution >= 0.6 is 0 Å². The summed E-state index contributed by atoms with van der Waals surface area (Å²) in [5.74, 6) is 1.99. The molecule has 0 aliphatic carbocycles. The highest BCUT2D eigenvalue weighted by atomic mass is 24.5. The molecule has 0 N–H and O–H groups in total. The van der Waals surface area contributed by atoms with Crippen LogP contribution in [0.5, 0.6) is 0 Å². The van der Waals surface area contributed by atoms with Gasteiger partial charge in [0.05, 0.1) is 0 Å². The third-order valence-electron chi connectivity index (χ3n) is 3.46. The third-order valence-corrected chi connectivity index (χ3v) is 5.27. The standard InChI is InChI=1S/2C7H15.Mg/c2*1-4-6-7(3)5-2;/h2*7H,2,4-6H2,1,3H3;. The van der Waals surface area contributed by atoms with Crippen molar-refractivity contribution in [3.63, 3.8) is 0 Å². The van der Waals surface area contributed by atoms with Crippen LogP contribution in [0.4, 0.5) is 0 Å². The lowest BCUT2D eigenvalue weighted by Crippen LogP contribution is -2.00. The van der Waals surface area contributed by atoms with E-state index in [1.54, 1.807) is 9.10 Å². The Morgan fingerprint density at radius 2 is 1.13 bits per heavy atom. The summed E-state index contributed by atoms with van der Waals surface area (Å²) in [6, 6.07) is 0. The second kappa shape index (κ2) is 11.3. The van der Waals surface area contributed by atoms with E-state index < -0.39 is 0 Å². The quantitative estimate of drug-likeness (QED) is 0.353. The van der Waals surface area contributed by atoms with E-state index in [1.165, 1.54) is 38.5 Å². The number of rotatable bonds is 10. The van der Waals surface area contributed by atoms with Gasteiger partial charge in [0, 0.05) is 0 Å². The van der Waals surface area contributed by atoms with Gasteiger partial charge in [-0.05, 0) is 11.8 Å². The predicted molar refractivity (Wildman–Crippen MR) is 72.7 cm³/mol. The minimum absolute atomic E-state index is 0.292. The molecule has 0 saturated heterocycles. The maximum Gasteiger partial charge on any atom is 0.364 e. The highest BCUT2D eigenvalue weighted by Crippen LogP contribution is 2.15. The molecule has 2 unspecified atom stereocenters. The van der Waals surface area contributed by atoms with Gasteiger partial charge < -0.3 is 0 Å². The molecule has 0 fully saturated rings. The molecule has 0 aromatic heterocycles. The molecule has 0 amide bonds. The van der Waals surface area contributed by atoms with E-state index in [1.807, 2.05) is 0 Å². The molecule has 2 atom stereocenters. The van der Waals surface area contributed by atoms with Crippen LogP contribution in [0.2, 0.25) is 9.10 Å². The van der Waals surface area contributed by atoms with Crippen LogP contribution in [-0.4, -0.2) is 20.4 Å².